The van der Waals surface area contributed by atoms with E-state index in [0.29, 0.717) is 13.0 Å². The van der Waals surface area contributed by atoms with E-state index < -0.39 is 31.0 Å². The summed E-state index contributed by atoms with van der Waals surface area (Å²) in [5, 5.41) is 61.5. The zero-order valence-corrected chi connectivity index (χ0v) is 12.4. The van der Waals surface area contributed by atoms with Crippen LogP contribution in [0.1, 0.15) is 5.56 Å². The highest BCUT2D eigenvalue weighted by molar-refractivity contribution is 5.56. The van der Waals surface area contributed by atoms with Crippen LogP contribution in [0.3, 0.4) is 0 Å². The highest BCUT2D eigenvalue weighted by Gasteiger charge is 2.29. The van der Waals surface area contributed by atoms with Gasteiger partial charge in [-0.1, -0.05) is 6.07 Å². The Labute approximate surface area is 132 Å². The number of benzene rings is 1. The lowest BCUT2D eigenvalue weighted by Crippen LogP contribution is -2.46. The summed E-state index contributed by atoms with van der Waals surface area (Å²) in [7, 11) is 0. The molecule has 9 nitrogen and oxygen atoms in total. The summed E-state index contributed by atoms with van der Waals surface area (Å²) in [6, 6.07) is 4.71. The number of aromatic hydroxyl groups is 2. The van der Waals surface area contributed by atoms with E-state index in [1.54, 1.807) is 6.07 Å². The van der Waals surface area contributed by atoms with Gasteiger partial charge in [-0.2, -0.15) is 0 Å². The lowest BCUT2D eigenvalue weighted by molar-refractivity contribution is -0.136. The van der Waals surface area contributed by atoms with Gasteiger partial charge in [0.05, 0.1) is 6.61 Å². The number of hydrogen-bond donors (Lipinski definition) is 8. The molecule has 0 saturated carbocycles. The van der Waals surface area contributed by atoms with E-state index in [1.165, 1.54) is 12.1 Å². The molecule has 0 saturated heterocycles. The Morgan fingerprint density at radius 3 is 2.09 bits per heavy atom. The second-order valence-electron chi connectivity index (χ2n) is 4.72. The Morgan fingerprint density at radius 1 is 1.04 bits per heavy atom. The Balaban J connectivity index is 0.000000422. The fraction of sp³-hybridized carbons (Fsp3) is 0.500. The third kappa shape index (κ3) is 7.37. The molecule has 0 bridgehead atoms. The number of carbonyl (C=O) groups is 1. The Morgan fingerprint density at radius 2 is 1.65 bits per heavy atom. The van der Waals surface area contributed by atoms with Crippen LogP contribution in [0.2, 0.25) is 0 Å². The summed E-state index contributed by atoms with van der Waals surface area (Å²) in [6.07, 6.45) is -6.12. The zero-order valence-electron chi connectivity index (χ0n) is 12.4. The van der Waals surface area contributed by atoms with Gasteiger partial charge in [0.1, 0.15) is 24.4 Å². The number of aldehydes is 1. The van der Waals surface area contributed by atoms with Crippen molar-refractivity contribution in [1.82, 2.24) is 0 Å². The minimum atomic E-state index is -1.79. The molecule has 4 atom stereocenters. The fourth-order valence-electron chi connectivity index (χ4n) is 1.51. The first-order valence-electron chi connectivity index (χ1n) is 6.77. The average Bonchev–Trinajstić information content (AvgIpc) is 2.56. The van der Waals surface area contributed by atoms with Crippen molar-refractivity contribution >= 4 is 6.29 Å². The van der Waals surface area contributed by atoms with Crippen molar-refractivity contribution in [3.8, 4) is 11.5 Å². The van der Waals surface area contributed by atoms with E-state index in [9.17, 15) is 4.79 Å². The van der Waals surface area contributed by atoms with E-state index in [0.717, 1.165) is 5.56 Å². The molecule has 0 aliphatic carbocycles. The first-order chi connectivity index (χ1) is 10.8. The number of hydrogen-bond acceptors (Lipinski definition) is 9. The van der Waals surface area contributed by atoms with Crippen molar-refractivity contribution < 1.29 is 40.5 Å². The van der Waals surface area contributed by atoms with Gasteiger partial charge in [-0.15, -0.1) is 0 Å². The Kier molecular flexibility index (Phi) is 10.1. The van der Waals surface area contributed by atoms with Crippen molar-refractivity contribution in [2.24, 2.45) is 5.73 Å². The quantitative estimate of drug-likeness (QED) is 0.193. The molecule has 0 radical (unpaired) electrons. The van der Waals surface area contributed by atoms with E-state index in [2.05, 4.69) is 0 Å². The molecule has 1 rings (SSSR count). The largest absolute Gasteiger partial charge is 0.504 e. The first-order valence-corrected chi connectivity index (χ1v) is 6.77. The number of phenols is 2. The van der Waals surface area contributed by atoms with Gasteiger partial charge in [0.15, 0.2) is 17.8 Å². The summed E-state index contributed by atoms with van der Waals surface area (Å²) in [5.74, 6) is -0.179. The summed E-state index contributed by atoms with van der Waals surface area (Å²) in [6.45, 7) is -0.214. The molecule has 0 heterocycles. The molecule has 0 fully saturated rings. The van der Waals surface area contributed by atoms with Crippen LogP contribution < -0.4 is 5.73 Å². The van der Waals surface area contributed by atoms with Crippen LogP contribution in [0.15, 0.2) is 18.2 Å². The van der Waals surface area contributed by atoms with E-state index in [1.807, 2.05) is 0 Å². The number of phenolic OH excluding ortho intramolecular Hbond substituents is 2. The average molecular weight is 333 g/mol. The van der Waals surface area contributed by atoms with E-state index >= 15 is 0 Å². The highest BCUT2D eigenvalue weighted by atomic mass is 16.4. The van der Waals surface area contributed by atoms with Gasteiger partial charge in [0, 0.05) is 0 Å². The number of aliphatic hydroxyl groups excluding tert-OH is 5. The molecule has 1 aromatic rings. The van der Waals surface area contributed by atoms with Crippen molar-refractivity contribution in [2.45, 2.75) is 30.8 Å². The Hall–Kier alpha value is -1.75. The monoisotopic (exact) mass is 333 g/mol. The van der Waals surface area contributed by atoms with Crippen LogP contribution in [-0.2, 0) is 11.2 Å². The van der Waals surface area contributed by atoms with Gasteiger partial charge in [-0.25, -0.2) is 0 Å². The van der Waals surface area contributed by atoms with Crippen molar-refractivity contribution in [2.75, 3.05) is 13.2 Å². The molecule has 132 valence electrons. The number of rotatable bonds is 7. The molecule has 1 aromatic carbocycles. The third-order valence-electron chi connectivity index (χ3n) is 2.89. The molecule has 0 amide bonds. The molecule has 0 unspecified atom stereocenters. The molecular formula is C14H23NO8. The maximum absolute atomic E-state index is 9.90. The molecule has 0 aliphatic heterocycles. The summed E-state index contributed by atoms with van der Waals surface area (Å²) in [5.41, 5.74) is 6.24. The van der Waals surface area contributed by atoms with Crippen molar-refractivity contribution in [3.63, 3.8) is 0 Å². The molecule has 0 spiro atoms. The van der Waals surface area contributed by atoms with Crippen LogP contribution in [0.25, 0.3) is 0 Å². The fourth-order valence-corrected chi connectivity index (χ4v) is 1.51. The summed E-state index contributed by atoms with van der Waals surface area (Å²) < 4.78 is 0. The second kappa shape index (κ2) is 10.9. The molecule has 23 heavy (non-hydrogen) atoms. The van der Waals surface area contributed by atoms with Gasteiger partial charge in [0.25, 0.3) is 0 Å². The third-order valence-corrected chi connectivity index (χ3v) is 2.89. The topological polar surface area (TPSA) is 185 Å². The van der Waals surface area contributed by atoms with Crippen molar-refractivity contribution in [3.05, 3.63) is 23.8 Å². The summed E-state index contributed by atoms with van der Waals surface area (Å²) >= 11 is 0. The number of carbonyl (C=O) groups excluding carboxylic acids is 1. The van der Waals surface area contributed by atoms with Crippen LogP contribution >= 0.6 is 0 Å². The lowest BCUT2D eigenvalue weighted by atomic mass is 10.0. The standard InChI is InChI=1S/C8H11NO2.C6H12O6/c9-4-3-6-1-2-7(10)8(11)5-6;7-1-3(9)5(11)6(12)4(10)2-8/h1-2,5,10-11H,3-4,9H2;1,3-6,8-12H,2H2/t;3-,4+,5+,6+/m.0/s1. The van der Waals surface area contributed by atoms with E-state index in [-0.39, 0.29) is 17.8 Å². The molecule has 0 aliphatic rings. The second-order valence-corrected chi connectivity index (χ2v) is 4.72. The minimum Gasteiger partial charge on any atom is -0.504 e. The lowest BCUT2D eigenvalue weighted by Gasteiger charge is -2.22. The van der Waals surface area contributed by atoms with Crippen LogP contribution in [0.4, 0.5) is 0 Å². The highest BCUT2D eigenvalue weighted by Crippen LogP contribution is 2.24. The van der Waals surface area contributed by atoms with Gasteiger partial charge >= 0.3 is 0 Å². The molecule has 0 aromatic heterocycles. The zero-order chi connectivity index (χ0) is 18.0. The normalized spacial score (nSPS) is 15.7. The minimum absolute atomic E-state index is 0.0258. The number of aliphatic hydroxyl groups is 5. The van der Waals surface area contributed by atoms with Crippen LogP contribution in [-0.4, -0.2) is 79.6 Å². The molecule has 9 N–H and O–H groups in total. The van der Waals surface area contributed by atoms with Crippen LogP contribution in [0.5, 0.6) is 11.5 Å². The maximum atomic E-state index is 9.90. The summed E-state index contributed by atoms with van der Waals surface area (Å²) in [4.78, 5) is 9.90. The first kappa shape index (κ1) is 21.2. The maximum Gasteiger partial charge on any atom is 0.157 e. The van der Waals surface area contributed by atoms with Gasteiger partial charge in [0.2, 0.25) is 0 Å². The predicted molar refractivity (Wildman–Crippen MR) is 79.7 cm³/mol. The van der Waals surface area contributed by atoms with Crippen LogP contribution in [0, 0.1) is 0 Å². The molecule has 9 heteroatoms. The van der Waals surface area contributed by atoms with Gasteiger partial charge in [-0.05, 0) is 30.7 Å². The predicted octanol–water partition coefficient (Wildman–Crippen LogP) is -2.78. The molecular weight excluding hydrogens is 310 g/mol. The van der Waals surface area contributed by atoms with Gasteiger partial charge < -0.3 is 46.3 Å². The van der Waals surface area contributed by atoms with E-state index in [4.69, 9.17) is 41.5 Å². The Bertz CT molecular complexity index is 470. The van der Waals surface area contributed by atoms with Gasteiger partial charge in [-0.3, -0.25) is 0 Å². The van der Waals surface area contributed by atoms with Crippen molar-refractivity contribution in [1.29, 1.82) is 0 Å². The smallest absolute Gasteiger partial charge is 0.157 e. The number of nitrogens with two attached hydrogens (primary N) is 1. The SMILES string of the molecule is NCCc1ccc(O)c(O)c1.O=C[C@H](O)[C@@H](O)[C@H](O)[C@H](O)CO.